The maximum atomic E-state index is 11.8. The highest BCUT2D eigenvalue weighted by atomic mass is 16.3. The van der Waals surface area contributed by atoms with E-state index in [1.165, 1.54) is 6.26 Å². The van der Waals surface area contributed by atoms with Gasteiger partial charge >= 0.3 is 0 Å². The van der Waals surface area contributed by atoms with Crippen LogP contribution in [0.15, 0.2) is 21.8 Å². The van der Waals surface area contributed by atoms with Crippen molar-refractivity contribution in [2.45, 2.75) is 46.6 Å². The van der Waals surface area contributed by atoms with Gasteiger partial charge in [-0.3, -0.25) is 9.59 Å². The number of nitrogens with zero attached hydrogens (tertiary/aromatic N) is 1. The van der Waals surface area contributed by atoms with Crippen molar-refractivity contribution < 1.29 is 14.0 Å². The summed E-state index contributed by atoms with van der Waals surface area (Å²) >= 11 is 0. The molecule has 0 aliphatic heterocycles. The van der Waals surface area contributed by atoms with Crippen molar-refractivity contribution in [3.8, 4) is 0 Å². The second-order valence-corrected chi connectivity index (χ2v) is 5.65. The highest BCUT2D eigenvalue weighted by Gasteiger charge is 2.15. The molecule has 0 aliphatic rings. The summed E-state index contributed by atoms with van der Waals surface area (Å²) in [5, 5.41) is 6.73. The Morgan fingerprint density at radius 2 is 2.00 bits per heavy atom. The van der Waals surface area contributed by atoms with Gasteiger partial charge in [0.1, 0.15) is 5.76 Å². The van der Waals surface area contributed by atoms with Gasteiger partial charge in [0, 0.05) is 11.3 Å². The third-order valence-electron chi connectivity index (χ3n) is 2.38. The molecule has 0 bridgehead atoms. The first-order valence-corrected chi connectivity index (χ1v) is 6.37. The summed E-state index contributed by atoms with van der Waals surface area (Å²) in [6.45, 7) is 9.09. The van der Waals surface area contributed by atoms with Crippen LogP contribution in [-0.2, 0) is 4.79 Å². The average Bonchev–Trinajstić information content (AvgIpc) is 2.69. The number of amides is 2. The van der Waals surface area contributed by atoms with E-state index in [1.54, 1.807) is 19.9 Å². The predicted octanol–water partition coefficient (Wildman–Crippen LogP) is 2.00. The van der Waals surface area contributed by atoms with Crippen LogP contribution in [0.4, 0.5) is 0 Å². The summed E-state index contributed by atoms with van der Waals surface area (Å²) in [4.78, 5) is 23.4. The van der Waals surface area contributed by atoms with Crippen LogP contribution >= 0.6 is 0 Å². The minimum Gasteiger partial charge on any atom is -0.469 e. The van der Waals surface area contributed by atoms with Crippen molar-refractivity contribution in [3.05, 3.63) is 23.7 Å². The zero-order valence-corrected chi connectivity index (χ0v) is 12.5. The lowest BCUT2D eigenvalue weighted by molar-refractivity contribution is -0.121. The predicted molar refractivity (Wildman–Crippen MR) is 76.5 cm³/mol. The number of nitrogens with one attached hydrogen (secondary N) is 2. The van der Waals surface area contributed by atoms with Gasteiger partial charge in [-0.05, 0) is 40.7 Å². The van der Waals surface area contributed by atoms with Crippen molar-refractivity contribution in [1.82, 2.24) is 10.7 Å². The molecule has 1 rings (SSSR count). The number of rotatable bonds is 4. The van der Waals surface area contributed by atoms with Crippen molar-refractivity contribution in [2.75, 3.05) is 0 Å². The molecule has 1 aromatic heterocycles. The normalized spacial score (nSPS) is 12.2. The summed E-state index contributed by atoms with van der Waals surface area (Å²) < 4.78 is 5.04. The summed E-state index contributed by atoms with van der Waals surface area (Å²) in [5.41, 5.74) is 3.08. The Labute approximate surface area is 118 Å². The zero-order valence-electron chi connectivity index (χ0n) is 12.5. The fraction of sp³-hybridized carbons (Fsp3) is 0.500. The molecule has 0 saturated carbocycles. The number of carbonyl (C=O) groups excluding carboxylic acids is 2. The molecule has 2 amide bonds. The lowest BCUT2D eigenvalue weighted by Gasteiger charge is -2.20. The van der Waals surface area contributed by atoms with E-state index in [4.69, 9.17) is 4.42 Å². The number of hydrazone groups is 1. The molecular formula is C14H21N3O3. The van der Waals surface area contributed by atoms with Crippen LogP contribution in [0.5, 0.6) is 0 Å². The lowest BCUT2D eigenvalue weighted by atomic mass is 10.1. The van der Waals surface area contributed by atoms with Crippen LogP contribution in [-0.4, -0.2) is 23.1 Å². The van der Waals surface area contributed by atoms with E-state index in [-0.39, 0.29) is 23.8 Å². The second kappa shape index (κ2) is 6.36. The fourth-order valence-electron chi connectivity index (χ4n) is 1.56. The Balaban J connectivity index is 2.52. The van der Waals surface area contributed by atoms with Crippen LogP contribution in [0.1, 0.15) is 50.2 Å². The number of aryl methyl sites for hydroxylation is 1. The molecule has 0 atom stereocenters. The third-order valence-corrected chi connectivity index (χ3v) is 2.38. The average molecular weight is 279 g/mol. The van der Waals surface area contributed by atoms with Gasteiger partial charge < -0.3 is 9.73 Å². The molecule has 110 valence electrons. The molecule has 0 aliphatic carbocycles. The molecule has 0 saturated heterocycles. The summed E-state index contributed by atoms with van der Waals surface area (Å²) in [5.74, 6) is 0.0418. The summed E-state index contributed by atoms with van der Waals surface area (Å²) in [6, 6.07) is 1.57. The minimum absolute atomic E-state index is 0.132. The van der Waals surface area contributed by atoms with Crippen LogP contribution in [0.3, 0.4) is 0 Å². The highest BCUT2D eigenvalue weighted by molar-refractivity contribution is 6.01. The summed E-state index contributed by atoms with van der Waals surface area (Å²) in [6.07, 6.45) is 1.58. The topological polar surface area (TPSA) is 83.7 Å². The SMILES string of the molecule is CC(CC(=O)NC(C)(C)C)=NNC(=O)c1ccoc1C. The Hall–Kier alpha value is -2.11. The monoisotopic (exact) mass is 279 g/mol. The van der Waals surface area contributed by atoms with E-state index in [1.807, 2.05) is 20.8 Å². The van der Waals surface area contributed by atoms with Gasteiger partial charge in [-0.15, -0.1) is 0 Å². The van der Waals surface area contributed by atoms with Crippen molar-refractivity contribution in [2.24, 2.45) is 5.10 Å². The van der Waals surface area contributed by atoms with Crippen molar-refractivity contribution in [1.29, 1.82) is 0 Å². The molecule has 6 heteroatoms. The smallest absolute Gasteiger partial charge is 0.274 e. The number of hydrogen-bond donors (Lipinski definition) is 2. The molecule has 0 unspecified atom stereocenters. The Morgan fingerprint density at radius 1 is 1.35 bits per heavy atom. The molecule has 1 aromatic rings. The first-order chi connectivity index (χ1) is 9.19. The Morgan fingerprint density at radius 3 is 2.50 bits per heavy atom. The number of hydrogen-bond acceptors (Lipinski definition) is 4. The molecule has 2 N–H and O–H groups in total. The van der Waals surface area contributed by atoms with E-state index in [0.29, 0.717) is 17.0 Å². The van der Waals surface area contributed by atoms with Crippen molar-refractivity contribution >= 4 is 17.5 Å². The maximum Gasteiger partial charge on any atom is 0.274 e. The first kappa shape index (κ1) is 15.9. The quantitative estimate of drug-likeness (QED) is 0.653. The molecule has 0 spiro atoms. The molecule has 6 nitrogen and oxygen atoms in total. The van der Waals surface area contributed by atoms with Gasteiger partial charge in [-0.25, -0.2) is 5.43 Å². The van der Waals surface area contributed by atoms with Crippen LogP contribution < -0.4 is 10.7 Å². The molecule has 0 radical (unpaired) electrons. The van der Waals surface area contributed by atoms with E-state index in [2.05, 4.69) is 15.8 Å². The van der Waals surface area contributed by atoms with Crippen molar-refractivity contribution in [3.63, 3.8) is 0 Å². The van der Waals surface area contributed by atoms with E-state index in [0.717, 1.165) is 0 Å². The molecule has 0 aromatic carbocycles. The van der Waals surface area contributed by atoms with Crippen LogP contribution in [0.2, 0.25) is 0 Å². The van der Waals surface area contributed by atoms with E-state index >= 15 is 0 Å². The maximum absolute atomic E-state index is 11.8. The molecule has 1 heterocycles. The Kier molecular flexibility index (Phi) is 5.07. The number of carbonyl (C=O) groups is 2. The van der Waals surface area contributed by atoms with Gasteiger partial charge in [0.05, 0.1) is 18.2 Å². The fourth-order valence-corrected chi connectivity index (χ4v) is 1.56. The van der Waals surface area contributed by atoms with Gasteiger partial charge in [0.2, 0.25) is 5.91 Å². The van der Waals surface area contributed by atoms with E-state index in [9.17, 15) is 9.59 Å². The first-order valence-electron chi connectivity index (χ1n) is 6.37. The lowest BCUT2D eigenvalue weighted by Crippen LogP contribution is -2.41. The van der Waals surface area contributed by atoms with Crippen LogP contribution in [0.25, 0.3) is 0 Å². The third kappa shape index (κ3) is 5.26. The highest BCUT2D eigenvalue weighted by Crippen LogP contribution is 2.08. The standard InChI is InChI=1S/C14H21N3O3/c1-9(8-12(18)15-14(3,4)5)16-17-13(19)11-6-7-20-10(11)2/h6-7H,8H2,1-5H3,(H,15,18)(H,17,19). The van der Waals surface area contributed by atoms with E-state index < -0.39 is 0 Å². The van der Waals surface area contributed by atoms with Crippen LogP contribution in [0, 0.1) is 6.92 Å². The molecule has 0 fully saturated rings. The van der Waals surface area contributed by atoms with Gasteiger partial charge in [-0.2, -0.15) is 5.10 Å². The van der Waals surface area contributed by atoms with Gasteiger partial charge in [0.25, 0.3) is 5.91 Å². The minimum atomic E-state index is -0.355. The second-order valence-electron chi connectivity index (χ2n) is 5.65. The molecule has 20 heavy (non-hydrogen) atoms. The van der Waals surface area contributed by atoms with Gasteiger partial charge in [-0.1, -0.05) is 0 Å². The Bertz CT molecular complexity index is 524. The van der Waals surface area contributed by atoms with Gasteiger partial charge in [0.15, 0.2) is 0 Å². The molecular weight excluding hydrogens is 258 g/mol. The zero-order chi connectivity index (χ0) is 15.3. The largest absolute Gasteiger partial charge is 0.469 e. The summed E-state index contributed by atoms with van der Waals surface area (Å²) in [7, 11) is 0. The number of furan rings is 1.